The van der Waals surface area contributed by atoms with Gasteiger partial charge in [0.2, 0.25) is 5.95 Å². The summed E-state index contributed by atoms with van der Waals surface area (Å²) in [7, 11) is 0. The van der Waals surface area contributed by atoms with Gasteiger partial charge in [-0.05, 0) is 25.7 Å². The van der Waals surface area contributed by atoms with Crippen LogP contribution in [-0.2, 0) is 0 Å². The largest absolute Gasteiger partial charge is 0.368 e. The molecular formula is C13H22N4. The predicted molar refractivity (Wildman–Crippen MR) is 70.8 cm³/mol. The van der Waals surface area contributed by atoms with Crippen molar-refractivity contribution >= 4 is 11.8 Å². The molecule has 3 N–H and O–H groups in total. The molecule has 2 rings (SSSR count). The van der Waals surface area contributed by atoms with Crippen LogP contribution in [-0.4, -0.2) is 16.0 Å². The van der Waals surface area contributed by atoms with E-state index in [1.165, 1.54) is 32.1 Å². The maximum absolute atomic E-state index is 5.64. The first-order valence-electron chi connectivity index (χ1n) is 6.52. The van der Waals surface area contributed by atoms with Crippen LogP contribution in [0.5, 0.6) is 0 Å². The Bertz CT molecular complexity index is 378. The molecule has 1 fully saturated rings. The van der Waals surface area contributed by atoms with Crippen molar-refractivity contribution in [3.63, 3.8) is 0 Å². The van der Waals surface area contributed by atoms with E-state index in [4.69, 9.17) is 5.73 Å². The van der Waals surface area contributed by atoms with E-state index in [2.05, 4.69) is 22.2 Å². The van der Waals surface area contributed by atoms with Crippen LogP contribution in [0.2, 0.25) is 0 Å². The Kier molecular flexibility index (Phi) is 3.82. The van der Waals surface area contributed by atoms with Crippen LogP contribution in [0.15, 0.2) is 6.20 Å². The third kappa shape index (κ3) is 3.08. The molecule has 0 saturated heterocycles. The highest BCUT2D eigenvalue weighted by atomic mass is 15.1. The minimum Gasteiger partial charge on any atom is -0.368 e. The lowest BCUT2D eigenvalue weighted by Crippen LogP contribution is -2.27. The molecule has 0 spiro atoms. The molecule has 1 aliphatic carbocycles. The van der Waals surface area contributed by atoms with Gasteiger partial charge in [0, 0.05) is 17.8 Å². The summed E-state index contributed by atoms with van der Waals surface area (Å²) < 4.78 is 0. The van der Waals surface area contributed by atoms with Gasteiger partial charge < -0.3 is 11.1 Å². The van der Waals surface area contributed by atoms with Crippen molar-refractivity contribution < 1.29 is 0 Å². The fourth-order valence-electron chi connectivity index (χ4n) is 2.48. The summed E-state index contributed by atoms with van der Waals surface area (Å²) in [6, 6.07) is 0.519. The average molecular weight is 234 g/mol. The first-order chi connectivity index (χ1) is 8.16. The van der Waals surface area contributed by atoms with Crippen molar-refractivity contribution in [3.8, 4) is 0 Å². The van der Waals surface area contributed by atoms with Crippen LogP contribution in [0, 0.1) is 12.8 Å². The molecule has 1 aliphatic rings. The topological polar surface area (TPSA) is 63.8 Å². The predicted octanol–water partition coefficient (Wildman–Crippen LogP) is 2.75. The molecule has 2 unspecified atom stereocenters. The Balaban J connectivity index is 2.10. The highest BCUT2D eigenvalue weighted by molar-refractivity contribution is 5.45. The Morgan fingerprint density at radius 2 is 2.06 bits per heavy atom. The Hall–Kier alpha value is -1.32. The number of nitrogens with two attached hydrogens (primary N) is 1. The second-order valence-corrected chi connectivity index (χ2v) is 5.13. The number of anilines is 2. The molecule has 4 nitrogen and oxygen atoms in total. The SMILES string of the molecule is Cc1cnc(N)nc1NC1CCCCCC1C. The standard InChI is InChI=1S/C13H22N4/c1-9-6-4-3-5-7-11(9)16-12-10(2)8-15-13(14)17-12/h8-9,11H,3-7H2,1-2H3,(H3,14,15,16,17). The number of nitrogen functional groups attached to an aromatic ring is 1. The molecule has 0 aliphatic heterocycles. The van der Waals surface area contributed by atoms with E-state index in [0.717, 1.165) is 11.4 Å². The molecule has 2 atom stereocenters. The number of nitrogens with one attached hydrogen (secondary N) is 1. The van der Waals surface area contributed by atoms with E-state index in [9.17, 15) is 0 Å². The quantitative estimate of drug-likeness (QED) is 0.772. The summed E-state index contributed by atoms with van der Waals surface area (Å²) in [4.78, 5) is 8.28. The third-order valence-electron chi connectivity index (χ3n) is 3.67. The molecule has 1 aromatic heterocycles. The van der Waals surface area contributed by atoms with E-state index in [0.29, 0.717) is 17.9 Å². The van der Waals surface area contributed by atoms with Crippen molar-refractivity contribution in [2.75, 3.05) is 11.1 Å². The zero-order chi connectivity index (χ0) is 12.3. The zero-order valence-corrected chi connectivity index (χ0v) is 10.7. The zero-order valence-electron chi connectivity index (χ0n) is 10.7. The first-order valence-corrected chi connectivity index (χ1v) is 6.52. The van der Waals surface area contributed by atoms with Crippen LogP contribution >= 0.6 is 0 Å². The smallest absolute Gasteiger partial charge is 0.221 e. The van der Waals surface area contributed by atoms with Gasteiger partial charge in [-0.3, -0.25) is 0 Å². The maximum atomic E-state index is 5.64. The summed E-state index contributed by atoms with van der Waals surface area (Å²) in [6.07, 6.45) is 8.33. The lowest BCUT2D eigenvalue weighted by Gasteiger charge is -2.24. The third-order valence-corrected chi connectivity index (χ3v) is 3.67. The molecule has 0 radical (unpaired) electrons. The van der Waals surface area contributed by atoms with Crippen molar-refractivity contribution in [1.29, 1.82) is 0 Å². The van der Waals surface area contributed by atoms with Crippen LogP contribution < -0.4 is 11.1 Å². The molecule has 94 valence electrons. The Morgan fingerprint density at radius 1 is 1.29 bits per heavy atom. The van der Waals surface area contributed by atoms with Gasteiger partial charge >= 0.3 is 0 Å². The molecule has 0 aromatic carbocycles. The normalized spacial score (nSPS) is 25.3. The van der Waals surface area contributed by atoms with Crippen LogP contribution in [0.4, 0.5) is 11.8 Å². The van der Waals surface area contributed by atoms with Gasteiger partial charge in [-0.1, -0.05) is 26.2 Å². The van der Waals surface area contributed by atoms with Gasteiger partial charge in [0.25, 0.3) is 0 Å². The van der Waals surface area contributed by atoms with E-state index in [1.807, 2.05) is 6.92 Å². The molecule has 4 heteroatoms. The van der Waals surface area contributed by atoms with E-state index in [1.54, 1.807) is 6.20 Å². The maximum Gasteiger partial charge on any atom is 0.221 e. The van der Waals surface area contributed by atoms with Crippen LogP contribution in [0.25, 0.3) is 0 Å². The first kappa shape index (κ1) is 12.1. The Morgan fingerprint density at radius 3 is 2.88 bits per heavy atom. The fraction of sp³-hybridized carbons (Fsp3) is 0.692. The lowest BCUT2D eigenvalue weighted by molar-refractivity contribution is 0.455. The number of rotatable bonds is 2. The van der Waals surface area contributed by atoms with E-state index >= 15 is 0 Å². The van der Waals surface area contributed by atoms with Gasteiger partial charge in [-0.25, -0.2) is 4.98 Å². The molecule has 1 heterocycles. The molecule has 0 bridgehead atoms. The number of hydrogen-bond donors (Lipinski definition) is 2. The molecule has 17 heavy (non-hydrogen) atoms. The van der Waals surface area contributed by atoms with Gasteiger partial charge in [0.1, 0.15) is 5.82 Å². The molecule has 1 saturated carbocycles. The second kappa shape index (κ2) is 5.34. The van der Waals surface area contributed by atoms with Crippen LogP contribution in [0.1, 0.15) is 44.6 Å². The highest BCUT2D eigenvalue weighted by Crippen LogP contribution is 2.26. The van der Waals surface area contributed by atoms with E-state index < -0.39 is 0 Å². The summed E-state index contributed by atoms with van der Waals surface area (Å²) in [5.41, 5.74) is 6.70. The minimum atomic E-state index is 0.347. The van der Waals surface area contributed by atoms with E-state index in [-0.39, 0.29) is 0 Å². The number of aromatic nitrogens is 2. The van der Waals surface area contributed by atoms with Crippen molar-refractivity contribution in [2.45, 2.75) is 52.0 Å². The molecule has 0 amide bonds. The lowest BCUT2D eigenvalue weighted by atomic mass is 9.97. The summed E-state index contributed by atoms with van der Waals surface area (Å²) in [5.74, 6) is 1.95. The summed E-state index contributed by atoms with van der Waals surface area (Å²) >= 11 is 0. The highest BCUT2D eigenvalue weighted by Gasteiger charge is 2.20. The summed E-state index contributed by atoms with van der Waals surface area (Å²) in [6.45, 7) is 4.34. The average Bonchev–Trinajstić information content (AvgIpc) is 2.50. The fourth-order valence-corrected chi connectivity index (χ4v) is 2.48. The van der Waals surface area contributed by atoms with Gasteiger partial charge in [0.15, 0.2) is 0 Å². The van der Waals surface area contributed by atoms with Gasteiger partial charge in [0.05, 0.1) is 0 Å². The monoisotopic (exact) mass is 234 g/mol. The van der Waals surface area contributed by atoms with Gasteiger partial charge in [-0.2, -0.15) is 4.98 Å². The number of aryl methyl sites for hydroxylation is 1. The van der Waals surface area contributed by atoms with Crippen molar-refractivity contribution in [3.05, 3.63) is 11.8 Å². The Labute approximate surface area is 103 Å². The van der Waals surface area contributed by atoms with Gasteiger partial charge in [-0.15, -0.1) is 0 Å². The van der Waals surface area contributed by atoms with Crippen molar-refractivity contribution in [2.24, 2.45) is 5.92 Å². The summed E-state index contributed by atoms with van der Waals surface area (Å²) in [5, 5.41) is 3.55. The van der Waals surface area contributed by atoms with Crippen molar-refractivity contribution in [1.82, 2.24) is 9.97 Å². The number of nitrogens with zero attached hydrogens (tertiary/aromatic N) is 2. The number of hydrogen-bond acceptors (Lipinski definition) is 4. The molecular weight excluding hydrogens is 212 g/mol. The minimum absolute atomic E-state index is 0.347. The second-order valence-electron chi connectivity index (χ2n) is 5.13. The molecule has 1 aromatic rings. The van der Waals surface area contributed by atoms with Crippen LogP contribution in [0.3, 0.4) is 0 Å².